The second-order valence-corrected chi connectivity index (χ2v) is 5.41. The van der Waals surface area contributed by atoms with Gasteiger partial charge in [0.25, 0.3) is 23.4 Å². The van der Waals surface area contributed by atoms with Gasteiger partial charge in [-0.15, -0.1) is 0 Å². The van der Waals surface area contributed by atoms with Crippen molar-refractivity contribution in [3.05, 3.63) is 52.0 Å². The molecule has 0 N–H and O–H groups in total. The summed E-state index contributed by atoms with van der Waals surface area (Å²) in [6.45, 7) is 1.49. The highest BCUT2D eigenvalue weighted by molar-refractivity contribution is 6.08. The van der Waals surface area contributed by atoms with E-state index in [4.69, 9.17) is 9.47 Å². The van der Waals surface area contributed by atoms with Crippen LogP contribution in [-0.4, -0.2) is 46.1 Å². The quantitative estimate of drug-likeness (QED) is 0.599. The molecule has 0 bridgehead atoms. The van der Waals surface area contributed by atoms with E-state index in [1.165, 1.54) is 56.9 Å². The first kappa shape index (κ1) is 18.0. The van der Waals surface area contributed by atoms with Gasteiger partial charge < -0.3 is 9.47 Å². The number of carbonyl (C=O) groups is 1. The van der Waals surface area contributed by atoms with Crippen LogP contribution in [0.5, 0.6) is 11.8 Å². The summed E-state index contributed by atoms with van der Waals surface area (Å²) in [5.74, 6) is -0.386. The van der Waals surface area contributed by atoms with Gasteiger partial charge in [0.15, 0.2) is 0 Å². The van der Waals surface area contributed by atoms with Gasteiger partial charge in [-0.1, -0.05) is 0 Å². The van der Waals surface area contributed by atoms with E-state index in [2.05, 4.69) is 15.0 Å². The fraction of sp³-hybridized carbons (Fsp3) is 0.176. The average molecular weight is 369 g/mol. The van der Waals surface area contributed by atoms with Crippen molar-refractivity contribution < 1.29 is 19.2 Å². The minimum absolute atomic E-state index is 0.0452. The third kappa shape index (κ3) is 3.19. The molecular weight excluding hydrogens is 354 g/mol. The molecule has 0 radical (unpaired) electrons. The molecule has 138 valence electrons. The number of benzene rings is 1. The van der Waals surface area contributed by atoms with Gasteiger partial charge in [-0.05, 0) is 13.0 Å². The Hall–Kier alpha value is -3.82. The molecule has 1 amide bonds. The predicted molar refractivity (Wildman–Crippen MR) is 97.0 cm³/mol. The molecule has 0 saturated heterocycles. The summed E-state index contributed by atoms with van der Waals surface area (Å²) >= 11 is 0. The Morgan fingerprint density at radius 2 is 1.89 bits per heavy atom. The molecule has 1 aromatic heterocycles. The molecule has 1 aromatic carbocycles. The van der Waals surface area contributed by atoms with Crippen LogP contribution in [0, 0.1) is 17.0 Å². The summed E-state index contributed by atoms with van der Waals surface area (Å²) < 4.78 is 10.3. The Kier molecular flexibility index (Phi) is 4.79. The van der Waals surface area contributed by atoms with E-state index in [0.717, 1.165) is 0 Å². The molecule has 0 saturated carbocycles. The highest BCUT2D eigenvalue weighted by Gasteiger charge is 2.27. The maximum absolute atomic E-state index is 13.1. The summed E-state index contributed by atoms with van der Waals surface area (Å²) in [6, 6.07) is 1.26. The zero-order valence-electron chi connectivity index (χ0n) is 14.7. The number of amides is 1. The lowest BCUT2D eigenvalue weighted by Gasteiger charge is -2.16. The molecule has 0 spiro atoms. The number of aromatic nitrogens is 2. The van der Waals surface area contributed by atoms with Crippen LogP contribution >= 0.6 is 0 Å². The molecular formula is C17H15N5O5. The van der Waals surface area contributed by atoms with Crippen molar-refractivity contribution in [3.63, 3.8) is 0 Å². The van der Waals surface area contributed by atoms with Crippen molar-refractivity contribution >= 4 is 28.8 Å². The van der Waals surface area contributed by atoms with Crippen molar-refractivity contribution in [1.29, 1.82) is 0 Å². The van der Waals surface area contributed by atoms with Crippen molar-refractivity contribution in [1.82, 2.24) is 14.9 Å². The second-order valence-electron chi connectivity index (χ2n) is 5.41. The zero-order chi connectivity index (χ0) is 19.6. The first-order chi connectivity index (χ1) is 13.0. The van der Waals surface area contributed by atoms with Gasteiger partial charge in [0.2, 0.25) is 0 Å². The number of hydrogen-bond acceptors (Lipinski definition) is 8. The number of ether oxygens (including phenoxy) is 2. The average Bonchev–Trinajstić information content (AvgIpc) is 2.95. The highest BCUT2D eigenvalue weighted by atomic mass is 16.6. The first-order valence-corrected chi connectivity index (χ1v) is 7.75. The van der Waals surface area contributed by atoms with Crippen LogP contribution in [0.15, 0.2) is 35.7 Å². The van der Waals surface area contributed by atoms with E-state index >= 15 is 0 Å². The number of nitrogens with zero attached hydrogens (tertiary/aromatic N) is 5. The minimum Gasteiger partial charge on any atom is -0.477 e. The molecule has 1 aliphatic rings. The predicted octanol–water partition coefficient (Wildman–Crippen LogP) is 2.38. The van der Waals surface area contributed by atoms with Gasteiger partial charge in [0.1, 0.15) is 11.0 Å². The van der Waals surface area contributed by atoms with Crippen molar-refractivity contribution in [2.45, 2.75) is 6.92 Å². The number of nitro groups is 1. The summed E-state index contributed by atoms with van der Waals surface area (Å²) in [4.78, 5) is 37.7. The number of methoxy groups -OCH3 is 2. The molecule has 0 aliphatic carbocycles. The maximum Gasteiger partial charge on any atom is 0.278 e. The highest BCUT2D eigenvalue weighted by Crippen LogP contribution is 2.33. The number of aliphatic imine (C=N–C) groups is 1. The van der Waals surface area contributed by atoms with E-state index in [-0.39, 0.29) is 39.6 Å². The number of carbonyl (C=O) groups excluding carboxylic acids is 1. The fourth-order valence-electron chi connectivity index (χ4n) is 2.62. The Morgan fingerprint density at radius 3 is 2.56 bits per heavy atom. The number of fused-ring (bicyclic) bond motifs is 1. The summed E-state index contributed by atoms with van der Waals surface area (Å²) in [5.41, 5.74) is 0.293. The van der Waals surface area contributed by atoms with E-state index in [1.807, 2.05) is 0 Å². The van der Waals surface area contributed by atoms with E-state index in [9.17, 15) is 14.9 Å². The zero-order valence-corrected chi connectivity index (χ0v) is 14.7. The van der Waals surface area contributed by atoms with Gasteiger partial charge in [-0.25, -0.2) is 9.97 Å². The molecule has 10 nitrogen and oxygen atoms in total. The molecule has 10 heteroatoms. The topological polar surface area (TPSA) is 120 Å². The standard InChI is InChI=1S/C17H15N5O5/c1-10-12(22(24)25)9-11-14(20-16(27-3)15(19-11)26-2)13(10)17(23)21-7-4-5-18-6-8-21/h4-9H,1-3H3. The molecule has 27 heavy (non-hydrogen) atoms. The number of nitro benzene ring substituents is 1. The molecule has 0 fully saturated rings. The number of rotatable bonds is 4. The monoisotopic (exact) mass is 369 g/mol. The SMILES string of the molecule is COc1nc2cc([N+](=O)[O-])c(C)c(C(=O)N3C=CC=NC=C3)c2nc1OC. The van der Waals surface area contributed by atoms with Crippen LogP contribution in [0.25, 0.3) is 11.0 Å². The lowest BCUT2D eigenvalue weighted by Crippen LogP contribution is -2.22. The van der Waals surface area contributed by atoms with Crippen molar-refractivity contribution in [2.24, 2.45) is 4.99 Å². The van der Waals surface area contributed by atoms with E-state index < -0.39 is 10.8 Å². The van der Waals surface area contributed by atoms with Crippen LogP contribution in [0.1, 0.15) is 15.9 Å². The van der Waals surface area contributed by atoms with E-state index in [1.54, 1.807) is 6.08 Å². The summed E-state index contributed by atoms with van der Waals surface area (Å²) in [6.07, 6.45) is 7.45. The molecule has 3 rings (SSSR count). The Bertz CT molecular complexity index is 1010. The Balaban J connectivity index is 2.32. The van der Waals surface area contributed by atoms with Crippen LogP contribution in [0.3, 0.4) is 0 Å². The first-order valence-electron chi connectivity index (χ1n) is 7.75. The smallest absolute Gasteiger partial charge is 0.278 e. The third-order valence-corrected chi connectivity index (χ3v) is 3.89. The minimum atomic E-state index is -0.568. The third-order valence-electron chi connectivity index (χ3n) is 3.89. The van der Waals surface area contributed by atoms with Gasteiger partial charge >= 0.3 is 0 Å². The van der Waals surface area contributed by atoms with E-state index in [0.29, 0.717) is 0 Å². The lowest BCUT2D eigenvalue weighted by atomic mass is 10.0. The lowest BCUT2D eigenvalue weighted by molar-refractivity contribution is -0.385. The number of hydrogen-bond donors (Lipinski definition) is 0. The van der Waals surface area contributed by atoms with Crippen LogP contribution in [0.4, 0.5) is 5.69 Å². The van der Waals surface area contributed by atoms with Crippen LogP contribution in [0.2, 0.25) is 0 Å². The largest absolute Gasteiger partial charge is 0.477 e. The van der Waals surface area contributed by atoms with Gasteiger partial charge in [-0.3, -0.25) is 24.8 Å². The normalized spacial score (nSPS) is 12.9. The fourth-order valence-corrected chi connectivity index (χ4v) is 2.62. The molecule has 1 aliphatic heterocycles. The Labute approximate surface area is 153 Å². The summed E-state index contributed by atoms with van der Waals surface area (Å²) in [7, 11) is 2.76. The van der Waals surface area contributed by atoms with Crippen molar-refractivity contribution in [3.8, 4) is 11.8 Å². The van der Waals surface area contributed by atoms with Gasteiger partial charge in [-0.2, -0.15) is 0 Å². The van der Waals surface area contributed by atoms with Gasteiger partial charge in [0.05, 0.1) is 24.7 Å². The van der Waals surface area contributed by atoms with Crippen LogP contribution < -0.4 is 9.47 Å². The maximum atomic E-state index is 13.1. The second kappa shape index (κ2) is 7.20. The van der Waals surface area contributed by atoms with Crippen LogP contribution in [-0.2, 0) is 0 Å². The Morgan fingerprint density at radius 1 is 1.19 bits per heavy atom. The molecule has 2 heterocycles. The van der Waals surface area contributed by atoms with Gasteiger partial charge in [0, 0.05) is 36.4 Å². The molecule has 0 unspecified atom stereocenters. The summed E-state index contributed by atoms with van der Waals surface area (Å²) in [5, 5.41) is 11.5. The number of allylic oxidation sites excluding steroid dienone is 1. The van der Waals surface area contributed by atoms with Crippen molar-refractivity contribution in [2.75, 3.05) is 14.2 Å². The molecule has 0 atom stereocenters. The molecule has 2 aromatic rings.